The maximum atomic E-state index is 5.38. The van der Waals surface area contributed by atoms with Crippen molar-refractivity contribution < 1.29 is 4.42 Å². The van der Waals surface area contributed by atoms with E-state index in [0.717, 1.165) is 12.0 Å². The molecule has 0 aliphatic carbocycles. The van der Waals surface area contributed by atoms with Gasteiger partial charge < -0.3 is 4.42 Å². The van der Waals surface area contributed by atoms with Crippen molar-refractivity contribution in [3.8, 4) is 11.5 Å². The quantitative estimate of drug-likeness (QED) is 0.751. The van der Waals surface area contributed by atoms with Crippen LogP contribution in [0.25, 0.3) is 11.5 Å². The zero-order valence-electron chi connectivity index (χ0n) is 9.24. The number of hydrogen-bond donors (Lipinski definition) is 0. The molecule has 1 heterocycles. The fourth-order valence-electron chi connectivity index (χ4n) is 1.64. The van der Waals surface area contributed by atoms with Gasteiger partial charge in [0.25, 0.3) is 0 Å². The molecular weight excluding hydrogens is 188 g/mol. The van der Waals surface area contributed by atoms with Gasteiger partial charge in [-0.2, -0.15) is 0 Å². The Morgan fingerprint density at radius 3 is 2.53 bits per heavy atom. The van der Waals surface area contributed by atoms with Gasteiger partial charge in [0.1, 0.15) is 0 Å². The molecule has 1 aromatic carbocycles. The van der Waals surface area contributed by atoms with Crippen molar-refractivity contribution in [1.29, 1.82) is 0 Å². The van der Waals surface area contributed by atoms with Gasteiger partial charge in [0.05, 0.1) is 0 Å². The second-order valence-electron chi connectivity index (χ2n) is 3.62. The second kappa shape index (κ2) is 3.85. The Labute approximate surface area is 89.2 Å². The standard InChI is InChI=1S/C12H14N2O/c1-4-10-5-6-11(7-8(10)2)12-14-13-9(3)15-12/h5-7H,4H2,1-3H3. The Bertz CT molecular complexity index is 474. The Kier molecular flexibility index (Phi) is 2.54. The normalized spacial score (nSPS) is 10.6. The van der Waals surface area contributed by atoms with E-state index in [1.807, 2.05) is 6.07 Å². The monoisotopic (exact) mass is 202 g/mol. The molecule has 0 spiro atoms. The van der Waals surface area contributed by atoms with E-state index in [0.29, 0.717) is 11.8 Å². The molecule has 3 nitrogen and oxygen atoms in total. The van der Waals surface area contributed by atoms with E-state index >= 15 is 0 Å². The molecule has 0 amide bonds. The molecule has 0 aliphatic rings. The molecule has 2 rings (SSSR count). The van der Waals surface area contributed by atoms with Crippen LogP contribution in [-0.2, 0) is 6.42 Å². The number of hydrogen-bond acceptors (Lipinski definition) is 3. The molecular formula is C12H14N2O. The highest BCUT2D eigenvalue weighted by Crippen LogP contribution is 2.21. The summed E-state index contributed by atoms with van der Waals surface area (Å²) in [6, 6.07) is 6.23. The predicted molar refractivity (Wildman–Crippen MR) is 58.6 cm³/mol. The average Bonchev–Trinajstić information content (AvgIpc) is 2.65. The highest BCUT2D eigenvalue weighted by Gasteiger charge is 2.06. The van der Waals surface area contributed by atoms with Crippen molar-refractivity contribution in [2.24, 2.45) is 0 Å². The molecule has 1 aromatic heterocycles. The lowest BCUT2D eigenvalue weighted by Crippen LogP contribution is -1.87. The van der Waals surface area contributed by atoms with Crippen molar-refractivity contribution in [3.05, 3.63) is 35.2 Å². The van der Waals surface area contributed by atoms with Gasteiger partial charge >= 0.3 is 0 Å². The van der Waals surface area contributed by atoms with Gasteiger partial charge in [-0.25, -0.2) is 0 Å². The number of rotatable bonds is 2. The van der Waals surface area contributed by atoms with Gasteiger partial charge in [0, 0.05) is 12.5 Å². The summed E-state index contributed by atoms with van der Waals surface area (Å²) in [7, 11) is 0. The third-order valence-corrected chi connectivity index (χ3v) is 2.50. The van der Waals surface area contributed by atoms with Crippen LogP contribution in [0.4, 0.5) is 0 Å². The fourth-order valence-corrected chi connectivity index (χ4v) is 1.64. The summed E-state index contributed by atoms with van der Waals surface area (Å²) in [6.45, 7) is 6.05. The largest absolute Gasteiger partial charge is 0.421 e. The Morgan fingerprint density at radius 1 is 1.20 bits per heavy atom. The molecule has 78 valence electrons. The van der Waals surface area contributed by atoms with Gasteiger partial charge in [0.15, 0.2) is 0 Å². The first kappa shape index (κ1) is 9.90. The van der Waals surface area contributed by atoms with Crippen LogP contribution in [-0.4, -0.2) is 10.2 Å². The zero-order valence-corrected chi connectivity index (χ0v) is 9.24. The summed E-state index contributed by atoms with van der Waals surface area (Å²) >= 11 is 0. The van der Waals surface area contributed by atoms with Gasteiger partial charge in [-0.3, -0.25) is 0 Å². The first-order valence-electron chi connectivity index (χ1n) is 5.10. The Hall–Kier alpha value is -1.64. The van der Waals surface area contributed by atoms with Crippen LogP contribution in [0, 0.1) is 13.8 Å². The number of nitrogens with zero attached hydrogens (tertiary/aromatic N) is 2. The van der Waals surface area contributed by atoms with Gasteiger partial charge in [-0.05, 0) is 36.6 Å². The molecule has 0 radical (unpaired) electrons. The zero-order chi connectivity index (χ0) is 10.8. The third-order valence-electron chi connectivity index (χ3n) is 2.50. The van der Waals surface area contributed by atoms with Crippen molar-refractivity contribution >= 4 is 0 Å². The molecule has 0 aliphatic heterocycles. The van der Waals surface area contributed by atoms with Crippen LogP contribution in [0.5, 0.6) is 0 Å². The first-order chi connectivity index (χ1) is 7.20. The smallest absolute Gasteiger partial charge is 0.247 e. The summed E-state index contributed by atoms with van der Waals surface area (Å²) in [5.74, 6) is 1.19. The third kappa shape index (κ3) is 1.91. The maximum Gasteiger partial charge on any atom is 0.247 e. The van der Waals surface area contributed by atoms with Crippen molar-refractivity contribution in [3.63, 3.8) is 0 Å². The maximum absolute atomic E-state index is 5.38. The molecule has 0 saturated heterocycles. The molecule has 2 aromatic rings. The van der Waals surface area contributed by atoms with Crippen LogP contribution in [0.3, 0.4) is 0 Å². The van der Waals surface area contributed by atoms with E-state index in [9.17, 15) is 0 Å². The van der Waals surface area contributed by atoms with Crippen molar-refractivity contribution in [1.82, 2.24) is 10.2 Å². The molecule has 0 saturated carbocycles. The lowest BCUT2D eigenvalue weighted by atomic mass is 10.0. The van der Waals surface area contributed by atoms with E-state index in [-0.39, 0.29) is 0 Å². The summed E-state index contributed by atoms with van der Waals surface area (Å²) in [6.07, 6.45) is 1.05. The van der Waals surface area contributed by atoms with E-state index in [2.05, 4.69) is 36.2 Å². The van der Waals surface area contributed by atoms with Crippen LogP contribution in [0.2, 0.25) is 0 Å². The highest BCUT2D eigenvalue weighted by molar-refractivity contribution is 5.55. The molecule has 15 heavy (non-hydrogen) atoms. The van der Waals surface area contributed by atoms with Gasteiger partial charge in [0.2, 0.25) is 11.8 Å². The minimum Gasteiger partial charge on any atom is -0.421 e. The number of benzene rings is 1. The summed E-state index contributed by atoms with van der Waals surface area (Å²) in [5.41, 5.74) is 3.62. The minimum absolute atomic E-state index is 0.596. The van der Waals surface area contributed by atoms with E-state index in [1.54, 1.807) is 6.92 Å². The van der Waals surface area contributed by atoms with Gasteiger partial charge in [-0.15, -0.1) is 10.2 Å². The van der Waals surface area contributed by atoms with Gasteiger partial charge in [-0.1, -0.05) is 13.0 Å². The van der Waals surface area contributed by atoms with Crippen molar-refractivity contribution in [2.75, 3.05) is 0 Å². The van der Waals surface area contributed by atoms with Crippen molar-refractivity contribution in [2.45, 2.75) is 27.2 Å². The van der Waals surface area contributed by atoms with E-state index in [4.69, 9.17) is 4.42 Å². The highest BCUT2D eigenvalue weighted by atomic mass is 16.4. The number of aromatic nitrogens is 2. The SMILES string of the molecule is CCc1ccc(-c2nnc(C)o2)cc1C. The molecule has 0 bridgehead atoms. The predicted octanol–water partition coefficient (Wildman–Crippen LogP) is 2.92. The van der Waals surface area contributed by atoms with Crippen LogP contribution >= 0.6 is 0 Å². The molecule has 0 fully saturated rings. The molecule has 0 N–H and O–H groups in total. The first-order valence-corrected chi connectivity index (χ1v) is 5.10. The lowest BCUT2D eigenvalue weighted by Gasteiger charge is -2.03. The fraction of sp³-hybridized carbons (Fsp3) is 0.333. The van der Waals surface area contributed by atoms with Crippen LogP contribution in [0.1, 0.15) is 23.9 Å². The molecule has 3 heteroatoms. The summed E-state index contributed by atoms with van der Waals surface area (Å²) in [4.78, 5) is 0. The van der Waals surface area contributed by atoms with Crippen LogP contribution < -0.4 is 0 Å². The minimum atomic E-state index is 0.596. The van der Waals surface area contributed by atoms with E-state index < -0.39 is 0 Å². The summed E-state index contributed by atoms with van der Waals surface area (Å²) < 4.78 is 5.38. The number of aryl methyl sites for hydroxylation is 3. The Balaban J connectivity index is 2.42. The van der Waals surface area contributed by atoms with E-state index in [1.165, 1.54) is 11.1 Å². The topological polar surface area (TPSA) is 38.9 Å². The second-order valence-corrected chi connectivity index (χ2v) is 3.62. The average molecular weight is 202 g/mol. The molecule has 0 atom stereocenters. The van der Waals surface area contributed by atoms with Crippen LogP contribution in [0.15, 0.2) is 22.6 Å². The Morgan fingerprint density at radius 2 is 2.00 bits per heavy atom. The summed E-state index contributed by atoms with van der Waals surface area (Å²) in [5, 5.41) is 7.81. The lowest BCUT2D eigenvalue weighted by molar-refractivity contribution is 0.532. The molecule has 0 unspecified atom stereocenters.